The Morgan fingerprint density at radius 1 is 1.12 bits per heavy atom. The van der Waals surface area contributed by atoms with E-state index in [0.717, 1.165) is 0 Å². The predicted octanol–water partition coefficient (Wildman–Crippen LogP) is 1.88. The monoisotopic (exact) mass is 220 g/mol. The van der Waals surface area contributed by atoms with Crippen LogP contribution in [0, 0.1) is 0 Å². The SMILES string of the molecule is CCN(CC)C(=O)NC(=O)c1ccccc1. The van der Waals surface area contributed by atoms with Crippen molar-refractivity contribution in [2.75, 3.05) is 13.1 Å². The van der Waals surface area contributed by atoms with Gasteiger partial charge in [-0.05, 0) is 26.0 Å². The van der Waals surface area contributed by atoms with E-state index < -0.39 is 0 Å². The molecule has 86 valence electrons. The average Bonchev–Trinajstić information content (AvgIpc) is 2.31. The third-order valence-electron chi connectivity index (χ3n) is 2.31. The van der Waals surface area contributed by atoms with Gasteiger partial charge >= 0.3 is 6.03 Å². The van der Waals surface area contributed by atoms with Crippen molar-refractivity contribution in [1.29, 1.82) is 0 Å². The number of nitrogens with zero attached hydrogens (tertiary/aromatic N) is 1. The molecule has 4 heteroatoms. The van der Waals surface area contributed by atoms with Crippen molar-refractivity contribution in [3.63, 3.8) is 0 Å². The van der Waals surface area contributed by atoms with Gasteiger partial charge in [0.25, 0.3) is 5.91 Å². The summed E-state index contributed by atoms with van der Waals surface area (Å²) in [7, 11) is 0. The van der Waals surface area contributed by atoms with Crippen molar-refractivity contribution >= 4 is 11.9 Å². The fraction of sp³-hybridized carbons (Fsp3) is 0.333. The number of amides is 3. The van der Waals surface area contributed by atoms with Gasteiger partial charge in [0.2, 0.25) is 0 Å². The first-order chi connectivity index (χ1) is 7.69. The minimum absolute atomic E-state index is 0.348. The molecular formula is C12H16N2O2. The number of benzene rings is 1. The molecule has 0 atom stereocenters. The van der Waals surface area contributed by atoms with Crippen LogP contribution in [0.1, 0.15) is 24.2 Å². The molecule has 1 rings (SSSR count). The lowest BCUT2D eigenvalue weighted by Crippen LogP contribution is -2.42. The van der Waals surface area contributed by atoms with E-state index in [1.165, 1.54) is 0 Å². The molecule has 0 spiro atoms. The first kappa shape index (κ1) is 12.2. The van der Waals surface area contributed by atoms with E-state index in [4.69, 9.17) is 0 Å². The van der Waals surface area contributed by atoms with Crippen molar-refractivity contribution in [2.24, 2.45) is 0 Å². The summed E-state index contributed by atoms with van der Waals surface area (Å²) in [6, 6.07) is 8.34. The lowest BCUT2D eigenvalue weighted by Gasteiger charge is -2.18. The topological polar surface area (TPSA) is 49.4 Å². The molecule has 0 saturated carbocycles. The van der Waals surface area contributed by atoms with Gasteiger partial charge < -0.3 is 4.90 Å². The Morgan fingerprint density at radius 2 is 1.69 bits per heavy atom. The number of hydrogen-bond acceptors (Lipinski definition) is 2. The number of carbonyl (C=O) groups is 2. The molecule has 0 fully saturated rings. The molecule has 1 aromatic carbocycles. The van der Waals surface area contributed by atoms with Gasteiger partial charge in [-0.25, -0.2) is 4.79 Å². The summed E-state index contributed by atoms with van der Waals surface area (Å²) in [5.41, 5.74) is 0.489. The van der Waals surface area contributed by atoms with Gasteiger partial charge in [-0.3, -0.25) is 10.1 Å². The third-order valence-corrected chi connectivity index (χ3v) is 2.31. The number of imide groups is 1. The maximum absolute atomic E-state index is 11.6. The first-order valence-electron chi connectivity index (χ1n) is 5.34. The second-order valence-electron chi connectivity index (χ2n) is 3.30. The normalized spacial score (nSPS) is 9.62. The Morgan fingerprint density at radius 3 is 2.19 bits per heavy atom. The van der Waals surface area contributed by atoms with Crippen molar-refractivity contribution in [1.82, 2.24) is 10.2 Å². The van der Waals surface area contributed by atoms with Crippen LogP contribution >= 0.6 is 0 Å². The van der Waals surface area contributed by atoms with Gasteiger partial charge in [0.15, 0.2) is 0 Å². The van der Waals surface area contributed by atoms with Crippen molar-refractivity contribution in [3.05, 3.63) is 35.9 Å². The fourth-order valence-electron chi connectivity index (χ4n) is 1.35. The Labute approximate surface area is 95.3 Å². The molecule has 1 aromatic rings. The predicted molar refractivity (Wildman–Crippen MR) is 62.2 cm³/mol. The second kappa shape index (κ2) is 5.90. The lowest BCUT2D eigenvalue weighted by molar-refractivity contribution is 0.0953. The molecule has 0 saturated heterocycles. The van der Waals surface area contributed by atoms with Gasteiger partial charge in [0.1, 0.15) is 0 Å². The molecule has 16 heavy (non-hydrogen) atoms. The highest BCUT2D eigenvalue weighted by atomic mass is 16.2. The number of rotatable bonds is 3. The molecule has 3 amide bonds. The van der Waals surface area contributed by atoms with Gasteiger partial charge in [-0.2, -0.15) is 0 Å². The molecular weight excluding hydrogens is 204 g/mol. The van der Waals surface area contributed by atoms with Gasteiger partial charge in [0.05, 0.1) is 0 Å². The number of hydrogen-bond donors (Lipinski definition) is 1. The van der Waals surface area contributed by atoms with E-state index in [1.807, 2.05) is 19.9 Å². The molecule has 0 bridgehead atoms. The molecule has 0 aromatic heterocycles. The standard InChI is InChI=1S/C12H16N2O2/c1-3-14(4-2)12(16)13-11(15)10-8-6-5-7-9-10/h5-9H,3-4H2,1-2H3,(H,13,15,16). The van der Waals surface area contributed by atoms with Crippen LogP contribution in [0.15, 0.2) is 30.3 Å². The molecule has 0 aliphatic carbocycles. The summed E-state index contributed by atoms with van der Waals surface area (Å²) < 4.78 is 0. The van der Waals surface area contributed by atoms with Crippen molar-refractivity contribution < 1.29 is 9.59 Å². The summed E-state index contributed by atoms with van der Waals surface area (Å²) in [5.74, 6) is -0.363. The molecule has 0 aliphatic rings. The van der Waals surface area contributed by atoms with Crippen molar-refractivity contribution in [2.45, 2.75) is 13.8 Å². The highest BCUT2D eigenvalue weighted by molar-refractivity contribution is 6.04. The van der Waals surface area contributed by atoms with Crippen LogP contribution < -0.4 is 5.32 Å². The van der Waals surface area contributed by atoms with E-state index in [-0.39, 0.29) is 11.9 Å². The zero-order valence-electron chi connectivity index (χ0n) is 9.56. The van der Waals surface area contributed by atoms with E-state index in [9.17, 15) is 9.59 Å². The maximum atomic E-state index is 11.6. The van der Waals surface area contributed by atoms with Crippen LogP contribution in [0.5, 0.6) is 0 Å². The van der Waals surface area contributed by atoms with Crippen molar-refractivity contribution in [3.8, 4) is 0 Å². The smallest absolute Gasteiger partial charge is 0.324 e. The average molecular weight is 220 g/mol. The van der Waals surface area contributed by atoms with Crippen LogP contribution in [0.3, 0.4) is 0 Å². The molecule has 0 unspecified atom stereocenters. The van der Waals surface area contributed by atoms with E-state index in [0.29, 0.717) is 18.7 Å². The highest BCUT2D eigenvalue weighted by Gasteiger charge is 2.13. The summed E-state index contributed by atoms with van der Waals surface area (Å²) in [5, 5.41) is 2.35. The molecule has 0 aliphatic heterocycles. The quantitative estimate of drug-likeness (QED) is 0.845. The van der Waals surface area contributed by atoms with Crippen LogP contribution in [-0.4, -0.2) is 29.9 Å². The largest absolute Gasteiger partial charge is 0.325 e. The first-order valence-corrected chi connectivity index (χ1v) is 5.34. The van der Waals surface area contributed by atoms with E-state index >= 15 is 0 Å². The zero-order chi connectivity index (χ0) is 12.0. The Hall–Kier alpha value is -1.84. The third kappa shape index (κ3) is 3.08. The van der Waals surface area contributed by atoms with Gasteiger partial charge in [-0.1, -0.05) is 18.2 Å². The number of carbonyl (C=O) groups excluding carboxylic acids is 2. The summed E-state index contributed by atoms with van der Waals surface area (Å²) >= 11 is 0. The van der Waals surface area contributed by atoms with Crippen LogP contribution in [0.2, 0.25) is 0 Å². The summed E-state index contributed by atoms with van der Waals surface area (Å²) in [6.07, 6.45) is 0. The summed E-state index contributed by atoms with van der Waals surface area (Å²) in [4.78, 5) is 24.8. The Balaban J connectivity index is 2.62. The summed E-state index contributed by atoms with van der Waals surface area (Å²) in [6.45, 7) is 4.92. The number of nitrogens with one attached hydrogen (secondary N) is 1. The maximum Gasteiger partial charge on any atom is 0.324 e. The minimum atomic E-state index is -0.363. The number of urea groups is 1. The molecule has 4 nitrogen and oxygen atoms in total. The van der Waals surface area contributed by atoms with Gasteiger partial charge in [-0.15, -0.1) is 0 Å². The molecule has 0 heterocycles. The van der Waals surface area contributed by atoms with E-state index in [2.05, 4.69) is 5.32 Å². The zero-order valence-corrected chi connectivity index (χ0v) is 9.56. The van der Waals surface area contributed by atoms with Gasteiger partial charge in [0, 0.05) is 18.7 Å². The second-order valence-corrected chi connectivity index (χ2v) is 3.30. The Kier molecular flexibility index (Phi) is 4.51. The van der Waals surface area contributed by atoms with Crippen LogP contribution in [0.4, 0.5) is 4.79 Å². The van der Waals surface area contributed by atoms with Crippen LogP contribution in [-0.2, 0) is 0 Å². The van der Waals surface area contributed by atoms with Crippen LogP contribution in [0.25, 0.3) is 0 Å². The highest BCUT2D eigenvalue weighted by Crippen LogP contribution is 1.98. The molecule has 0 radical (unpaired) electrons. The molecule has 1 N–H and O–H groups in total. The lowest BCUT2D eigenvalue weighted by atomic mass is 10.2. The fourth-order valence-corrected chi connectivity index (χ4v) is 1.35. The van der Waals surface area contributed by atoms with E-state index in [1.54, 1.807) is 29.2 Å². The Bertz CT molecular complexity index is 359. The minimum Gasteiger partial charge on any atom is -0.325 e.